The van der Waals surface area contributed by atoms with E-state index in [-0.39, 0.29) is 0 Å². The lowest BCUT2D eigenvalue weighted by atomic mass is 9.60. The Labute approximate surface area is 199 Å². The summed E-state index contributed by atoms with van der Waals surface area (Å²) in [5, 5.41) is 4.82. The highest BCUT2D eigenvalue weighted by atomic mass is 31.0. The van der Waals surface area contributed by atoms with E-state index < -0.39 is 0 Å². The van der Waals surface area contributed by atoms with Crippen molar-refractivity contribution in [1.82, 2.24) is 5.32 Å². The molecule has 0 radical (unpaired) electrons. The molecule has 0 aromatic rings. The molecule has 4 rings (SSSR count). The maximum absolute atomic E-state index is 4.82. The van der Waals surface area contributed by atoms with Gasteiger partial charge in [-0.1, -0.05) is 77.0 Å². The zero-order chi connectivity index (χ0) is 21.6. The first-order valence-electron chi connectivity index (χ1n) is 14.4. The van der Waals surface area contributed by atoms with Crippen LogP contribution in [0.25, 0.3) is 0 Å². The van der Waals surface area contributed by atoms with Gasteiger partial charge in [0.25, 0.3) is 0 Å². The van der Waals surface area contributed by atoms with Crippen LogP contribution in [0.1, 0.15) is 128 Å². The standard InChI is InChI=1S/C28H53NP2/c30-21-27(23-13-5-1-6-14-23,24-15-7-2-8-16-24)29-28(22-31,25-17-9-3-10-18-25)26-19-11-4-12-20-26/h23-26,29H,1-22,30-31H2. The smallest absolute Gasteiger partial charge is 0.0277 e. The van der Waals surface area contributed by atoms with Crippen LogP contribution in [0.5, 0.6) is 0 Å². The third-order valence-corrected chi connectivity index (χ3v) is 11.8. The van der Waals surface area contributed by atoms with Gasteiger partial charge in [-0.15, -0.1) is 18.5 Å². The lowest BCUT2D eigenvalue weighted by Crippen LogP contribution is -2.71. The van der Waals surface area contributed by atoms with Crippen molar-refractivity contribution in [3.8, 4) is 0 Å². The van der Waals surface area contributed by atoms with Gasteiger partial charge in [-0.05, 0) is 87.4 Å². The summed E-state index contributed by atoms with van der Waals surface area (Å²) in [6.07, 6.45) is 32.2. The van der Waals surface area contributed by atoms with Crippen LogP contribution in [-0.4, -0.2) is 23.4 Å². The van der Waals surface area contributed by atoms with Gasteiger partial charge in [-0.3, -0.25) is 0 Å². The van der Waals surface area contributed by atoms with Crippen molar-refractivity contribution in [2.24, 2.45) is 23.7 Å². The second kappa shape index (κ2) is 12.0. The molecule has 4 fully saturated rings. The molecule has 2 unspecified atom stereocenters. The molecule has 1 nitrogen and oxygen atoms in total. The van der Waals surface area contributed by atoms with Crippen LogP contribution in [0.15, 0.2) is 0 Å². The average Bonchev–Trinajstić information content (AvgIpc) is 2.87. The second-order valence-electron chi connectivity index (χ2n) is 12.0. The molecule has 2 atom stereocenters. The minimum atomic E-state index is 0.372. The Bertz CT molecular complexity index is 429. The fourth-order valence-corrected chi connectivity index (χ4v) is 10.3. The van der Waals surface area contributed by atoms with Gasteiger partial charge in [-0.2, -0.15) is 0 Å². The first-order chi connectivity index (χ1) is 15.2. The molecule has 4 saturated carbocycles. The van der Waals surface area contributed by atoms with Crippen LogP contribution in [0.3, 0.4) is 0 Å². The molecule has 0 spiro atoms. The molecule has 4 aliphatic rings. The first-order valence-corrected chi connectivity index (χ1v) is 16.1. The highest BCUT2D eigenvalue weighted by Gasteiger charge is 2.53. The Kier molecular flexibility index (Phi) is 9.64. The second-order valence-corrected chi connectivity index (χ2v) is 12.8. The SMILES string of the molecule is PCC(NC(CP)(C1CCCCC1)C1CCCCC1)(C1CCCCC1)C1CCCCC1. The molecule has 4 aliphatic carbocycles. The van der Waals surface area contributed by atoms with Gasteiger partial charge in [0, 0.05) is 11.1 Å². The fourth-order valence-electron chi connectivity index (χ4n) is 8.75. The van der Waals surface area contributed by atoms with Crippen LogP contribution in [0, 0.1) is 23.7 Å². The third kappa shape index (κ3) is 5.40. The Morgan fingerprint density at radius 1 is 0.419 bits per heavy atom. The summed E-state index contributed by atoms with van der Waals surface area (Å²) in [6, 6.07) is 0. The van der Waals surface area contributed by atoms with Gasteiger partial charge in [0.2, 0.25) is 0 Å². The van der Waals surface area contributed by atoms with E-state index in [4.69, 9.17) is 5.32 Å². The van der Waals surface area contributed by atoms with Crippen molar-refractivity contribution in [2.75, 3.05) is 12.3 Å². The van der Waals surface area contributed by atoms with E-state index in [1.165, 1.54) is 141 Å². The van der Waals surface area contributed by atoms with Crippen LogP contribution in [0.2, 0.25) is 0 Å². The molecule has 0 aliphatic heterocycles. The van der Waals surface area contributed by atoms with Gasteiger partial charge >= 0.3 is 0 Å². The zero-order valence-electron chi connectivity index (χ0n) is 20.5. The molecule has 0 amide bonds. The molecule has 3 heteroatoms. The number of rotatable bonds is 8. The highest BCUT2D eigenvalue weighted by Crippen LogP contribution is 2.50. The van der Waals surface area contributed by atoms with Gasteiger partial charge in [-0.25, -0.2) is 0 Å². The molecule has 0 heterocycles. The van der Waals surface area contributed by atoms with E-state index >= 15 is 0 Å². The summed E-state index contributed by atoms with van der Waals surface area (Å²) >= 11 is 0. The predicted molar refractivity (Wildman–Crippen MR) is 144 cm³/mol. The van der Waals surface area contributed by atoms with Crippen molar-refractivity contribution >= 4 is 18.5 Å². The van der Waals surface area contributed by atoms with Gasteiger partial charge in [0.1, 0.15) is 0 Å². The minimum Gasteiger partial charge on any atom is -0.304 e. The van der Waals surface area contributed by atoms with E-state index in [9.17, 15) is 0 Å². The summed E-state index contributed by atoms with van der Waals surface area (Å²) in [7, 11) is 6.60. The van der Waals surface area contributed by atoms with Crippen LogP contribution < -0.4 is 5.32 Å². The molecule has 0 bridgehead atoms. The van der Waals surface area contributed by atoms with Crippen LogP contribution in [-0.2, 0) is 0 Å². The van der Waals surface area contributed by atoms with Crippen molar-refractivity contribution in [1.29, 1.82) is 0 Å². The van der Waals surface area contributed by atoms with Crippen molar-refractivity contribution in [3.05, 3.63) is 0 Å². The third-order valence-electron chi connectivity index (χ3n) is 10.5. The van der Waals surface area contributed by atoms with E-state index in [0.29, 0.717) is 11.1 Å². The lowest BCUT2D eigenvalue weighted by molar-refractivity contribution is -0.00206. The Balaban J connectivity index is 1.71. The summed E-state index contributed by atoms with van der Waals surface area (Å²) in [6.45, 7) is 0. The van der Waals surface area contributed by atoms with E-state index in [1.54, 1.807) is 0 Å². The molecular weight excluding hydrogens is 412 g/mol. The maximum atomic E-state index is 4.82. The predicted octanol–water partition coefficient (Wildman–Crippen LogP) is 8.13. The quantitative estimate of drug-likeness (QED) is 0.357. The summed E-state index contributed by atoms with van der Waals surface area (Å²) in [5.74, 6) is 3.63. The van der Waals surface area contributed by atoms with Crippen molar-refractivity contribution in [2.45, 2.75) is 139 Å². The normalized spacial score (nSPS) is 26.9. The summed E-state index contributed by atoms with van der Waals surface area (Å²) < 4.78 is 0. The van der Waals surface area contributed by atoms with E-state index in [1.807, 2.05) is 0 Å². The summed E-state index contributed by atoms with van der Waals surface area (Å²) in [4.78, 5) is 0. The number of hydrogen-bond donors (Lipinski definition) is 1. The Morgan fingerprint density at radius 3 is 0.839 bits per heavy atom. The monoisotopic (exact) mass is 465 g/mol. The van der Waals surface area contributed by atoms with Crippen LogP contribution in [0.4, 0.5) is 0 Å². The Morgan fingerprint density at radius 2 is 0.645 bits per heavy atom. The maximum Gasteiger partial charge on any atom is 0.0277 e. The molecule has 0 aromatic heterocycles. The molecule has 0 saturated heterocycles. The first kappa shape index (κ1) is 24.9. The molecule has 0 aromatic carbocycles. The number of hydrogen-bond acceptors (Lipinski definition) is 1. The highest BCUT2D eigenvalue weighted by molar-refractivity contribution is 7.16. The largest absolute Gasteiger partial charge is 0.304 e. The van der Waals surface area contributed by atoms with Gasteiger partial charge in [0.05, 0.1) is 0 Å². The Hall–Kier alpha value is 0.820. The lowest BCUT2D eigenvalue weighted by Gasteiger charge is -2.59. The fraction of sp³-hybridized carbons (Fsp3) is 1.00. The van der Waals surface area contributed by atoms with Gasteiger partial charge < -0.3 is 5.32 Å². The molecule has 31 heavy (non-hydrogen) atoms. The minimum absolute atomic E-state index is 0.372. The number of nitrogens with one attached hydrogen (secondary N) is 1. The van der Waals surface area contributed by atoms with Crippen LogP contribution >= 0.6 is 18.5 Å². The molecular formula is C28H53NP2. The van der Waals surface area contributed by atoms with Crippen molar-refractivity contribution in [3.63, 3.8) is 0 Å². The summed E-state index contributed by atoms with van der Waals surface area (Å²) in [5.41, 5.74) is 0.744. The van der Waals surface area contributed by atoms with Crippen molar-refractivity contribution < 1.29 is 0 Å². The zero-order valence-corrected chi connectivity index (χ0v) is 22.8. The van der Waals surface area contributed by atoms with E-state index in [0.717, 1.165) is 23.7 Å². The average molecular weight is 466 g/mol. The van der Waals surface area contributed by atoms with E-state index in [2.05, 4.69) is 18.5 Å². The van der Waals surface area contributed by atoms with Gasteiger partial charge in [0.15, 0.2) is 0 Å². The topological polar surface area (TPSA) is 12.0 Å². The molecule has 180 valence electrons. The molecule has 1 N–H and O–H groups in total.